The predicted molar refractivity (Wildman–Crippen MR) is 99.8 cm³/mol. The van der Waals surface area contributed by atoms with E-state index in [1.165, 1.54) is 6.07 Å². The van der Waals surface area contributed by atoms with E-state index in [0.29, 0.717) is 31.5 Å². The largest absolute Gasteiger partial charge is 0.507 e. The van der Waals surface area contributed by atoms with Gasteiger partial charge in [-0.05, 0) is 24.5 Å². The molecule has 1 aromatic carbocycles. The van der Waals surface area contributed by atoms with E-state index in [1.807, 2.05) is 0 Å². The van der Waals surface area contributed by atoms with Gasteiger partial charge in [-0.1, -0.05) is 26.0 Å². The summed E-state index contributed by atoms with van der Waals surface area (Å²) in [7, 11) is 0. The van der Waals surface area contributed by atoms with Gasteiger partial charge in [-0.3, -0.25) is 9.79 Å². The van der Waals surface area contributed by atoms with Gasteiger partial charge >= 0.3 is 0 Å². The van der Waals surface area contributed by atoms with Gasteiger partial charge in [0, 0.05) is 19.6 Å². The first-order chi connectivity index (χ1) is 10.0. The lowest BCUT2D eigenvalue weighted by Gasteiger charge is -2.08. The summed E-state index contributed by atoms with van der Waals surface area (Å²) < 4.78 is 0. The van der Waals surface area contributed by atoms with E-state index >= 15 is 0 Å². The Hall–Kier alpha value is -1.51. The summed E-state index contributed by atoms with van der Waals surface area (Å²) in [6.45, 7) is 5.84. The van der Waals surface area contributed by atoms with Crippen molar-refractivity contribution in [3.63, 3.8) is 0 Å². The number of phenolic OH excluding ortho intramolecular Hbond substituents is 1. The van der Waals surface area contributed by atoms with Crippen molar-refractivity contribution in [3.05, 3.63) is 29.8 Å². The zero-order valence-electron chi connectivity index (χ0n) is 13.0. The quantitative estimate of drug-likeness (QED) is 0.234. The summed E-state index contributed by atoms with van der Waals surface area (Å²) in [4.78, 5) is 16.0. The highest BCUT2D eigenvalue weighted by Gasteiger charge is 2.08. The van der Waals surface area contributed by atoms with Gasteiger partial charge in [0.25, 0.3) is 5.91 Å². The number of carbonyl (C=O) groups excluding carboxylic acids is 1. The number of carbonyl (C=O) groups is 1. The number of nitrogens with one attached hydrogen (secondary N) is 2. The van der Waals surface area contributed by atoms with Gasteiger partial charge in [0.1, 0.15) is 5.75 Å². The fourth-order valence-electron chi connectivity index (χ4n) is 1.63. The van der Waals surface area contributed by atoms with Crippen molar-refractivity contribution in [2.24, 2.45) is 16.6 Å². The molecule has 7 heteroatoms. The number of nitrogens with two attached hydrogens (primary N) is 1. The second-order valence-corrected chi connectivity index (χ2v) is 5.15. The van der Waals surface area contributed by atoms with E-state index < -0.39 is 0 Å². The average Bonchev–Trinajstić information content (AvgIpc) is 2.43. The van der Waals surface area contributed by atoms with E-state index in [2.05, 4.69) is 29.5 Å². The van der Waals surface area contributed by atoms with Crippen LogP contribution in [0.1, 0.15) is 30.6 Å². The summed E-state index contributed by atoms with van der Waals surface area (Å²) >= 11 is 0. The molecule has 0 aromatic heterocycles. The molecule has 0 aliphatic heterocycles. The van der Waals surface area contributed by atoms with Crippen LogP contribution in [0.4, 0.5) is 0 Å². The van der Waals surface area contributed by atoms with E-state index in [-0.39, 0.29) is 41.2 Å². The first-order valence-electron chi connectivity index (χ1n) is 7.10. The van der Waals surface area contributed by atoms with Crippen molar-refractivity contribution in [2.75, 3.05) is 19.6 Å². The van der Waals surface area contributed by atoms with Crippen LogP contribution in [0.5, 0.6) is 5.75 Å². The van der Waals surface area contributed by atoms with E-state index in [1.54, 1.807) is 18.2 Å². The van der Waals surface area contributed by atoms with Crippen molar-refractivity contribution in [2.45, 2.75) is 20.3 Å². The lowest BCUT2D eigenvalue weighted by molar-refractivity contribution is 0.0951. The Balaban J connectivity index is 0.00000441. The fourth-order valence-corrected chi connectivity index (χ4v) is 1.63. The summed E-state index contributed by atoms with van der Waals surface area (Å²) in [5.74, 6) is 0.634. The normalized spacial score (nSPS) is 11.0. The van der Waals surface area contributed by atoms with E-state index in [0.717, 1.165) is 6.42 Å². The number of guanidine groups is 1. The van der Waals surface area contributed by atoms with Crippen molar-refractivity contribution in [1.82, 2.24) is 10.6 Å². The Morgan fingerprint density at radius 3 is 2.55 bits per heavy atom. The predicted octanol–water partition coefficient (Wildman–Crippen LogP) is 1.69. The number of aliphatic imine (C=N–C) groups is 1. The molecule has 1 rings (SSSR count). The summed E-state index contributed by atoms with van der Waals surface area (Å²) in [5.41, 5.74) is 5.96. The molecule has 1 aromatic rings. The maximum absolute atomic E-state index is 11.8. The zero-order valence-corrected chi connectivity index (χ0v) is 15.3. The number of hydrogen-bond acceptors (Lipinski definition) is 3. The van der Waals surface area contributed by atoms with Gasteiger partial charge in [0.2, 0.25) is 0 Å². The molecule has 0 spiro atoms. The Morgan fingerprint density at radius 2 is 1.91 bits per heavy atom. The number of para-hydroxylation sites is 1. The number of halogens is 1. The van der Waals surface area contributed by atoms with Crippen LogP contribution in [0.15, 0.2) is 29.3 Å². The minimum absolute atomic E-state index is 0. The third-order valence-corrected chi connectivity index (χ3v) is 2.85. The fraction of sp³-hybridized carbons (Fsp3) is 0.467. The number of aromatic hydroxyl groups is 1. The first-order valence-corrected chi connectivity index (χ1v) is 7.10. The van der Waals surface area contributed by atoms with Crippen LogP contribution in [0.2, 0.25) is 0 Å². The molecule has 5 N–H and O–H groups in total. The van der Waals surface area contributed by atoms with Gasteiger partial charge in [-0.25, -0.2) is 0 Å². The summed E-state index contributed by atoms with van der Waals surface area (Å²) in [6, 6.07) is 6.42. The van der Waals surface area contributed by atoms with Crippen LogP contribution in [-0.4, -0.2) is 36.6 Å². The zero-order chi connectivity index (χ0) is 15.7. The van der Waals surface area contributed by atoms with Crippen LogP contribution in [-0.2, 0) is 0 Å². The van der Waals surface area contributed by atoms with Crippen LogP contribution >= 0.6 is 24.0 Å². The number of phenols is 1. The number of rotatable bonds is 7. The second kappa shape index (κ2) is 11.1. The molecule has 0 atom stereocenters. The number of hydrogen-bond donors (Lipinski definition) is 4. The van der Waals surface area contributed by atoms with Crippen molar-refractivity contribution < 1.29 is 9.90 Å². The van der Waals surface area contributed by atoms with Gasteiger partial charge < -0.3 is 21.5 Å². The van der Waals surface area contributed by atoms with Crippen LogP contribution in [0.25, 0.3) is 0 Å². The van der Waals surface area contributed by atoms with Gasteiger partial charge in [-0.15, -0.1) is 24.0 Å². The Labute approximate surface area is 148 Å². The smallest absolute Gasteiger partial charge is 0.255 e. The molecule has 124 valence electrons. The molecule has 1 amide bonds. The molecule has 0 heterocycles. The molecule has 0 aliphatic carbocycles. The van der Waals surface area contributed by atoms with E-state index in [9.17, 15) is 9.90 Å². The maximum atomic E-state index is 11.8. The van der Waals surface area contributed by atoms with E-state index in [4.69, 9.17) is 5.73 Å². The van der Waals surface area contributed by atoms with Crippen LogP contribution in [0, 0.1) is 5.92 Å². The van der Waals surface area contributed by atoms with Gasteiger partial charge in [0.05, 0.1) is 5.56 Å². The molecule has 0 aliphatic rings. The van der Waals surface area contributed by atoms with Gasteiger partial charge in [0.15, 0.2) is 5.96 Å². The Bertz CT molecular complexity index is 492. The number of amides is 1. The molecule has 0 saturated heterocycles. The molecule has 22 heavy (non-hydrogen) atoms. The minimum Gasteiger partial charge on any atom is -0.507 e. The SMILES string of the molecule is CC(C)CCN=C(N)NCCNC(=O)c1ccccc1O.I. The molecule has 0 fully saturated rings. The molecular formula is C15H25IN4O2. The molecule has 0 bridgehead atoms. The highest BCUT2D eigenvalue weighted by Crippen LogP contribution is 2.14. The third kappa shape index (κ3) is 8.06. The monoisotopic (exact) mass is 420 g/mol. The second-order valence-electron chi connectivity index (χ2n) is 5.15. The maximum Gasteiger partial charge on any atom is 0.255 e. The summed E-state index contributed by atoms with van der Waals surface area (Å²) in [5, 5.41) is 15.2. The molecule has 6 nitrogen and oxygen atoms in total. The highest BCUT2D eigenvalue weighted by atomic mass is 127. The van der Waals surface area contributed by atoms with Crippen LogP contribution in [0.3, 0.4) is 0 Å². The van der Waals surface area contributed by atoms with Crippen LogP contribution < -0.4 is 16.4 Å². The van der Waals surface area contributed by atoms with Crippen molar-refractivity contribution in [1.29, 1.82) is 0 Å². The summed E-state index contributed by atoms with van der Waals surface area (Å²) in [6.07, 6.45) is 0.992. The minimum atomic E-state index is -0.315. The topological polar surface area (TPSA) is 99.7 Å². The van der Waals surface area contributed by atoms with Crippen molar-refractivity contribution in [3.8, 4) is 5.75 Å². The molecular weight excluding hydrogens is 395 g/mol. The standard InChI is InChI=1S/C15H24N4O2.HI/c1-11(2)7-8-18-15(16)19-10-9-17-14(21)12-5-3-4-6-13(12)20;/h3-6,11,20H,7-10H2,1-2H3,(H,17,21)(H3,16,18,19);1H. The van der Waals surface area contributed by atoms with Crippen molar-refractivity contribution >= 4 is 35.8 Å². The third-order valence-electron chi connectivity index (χ3n) is 2.85. The highest BCUT2D eigenvalue weighted by molar-refractivity contribution is 14.0. The molecule has 0 radical (unpaired) electrons. The average molecular weight is 420 g/mol. The first kappa shape index (κ1) is 20.5. The Morgan fingerprint density at radius 1 is 1.27 bits per heavy atom. The number of nitrogens with zero attached hydrogens (tertiary/aromatic N) is 1. The Kier molecular flexibility index (Phi) is 10.3. The lowest BCUT2D eigenvalue weighted by atomic mass is 10.1. The molecule has 0 saturated carbocycles. The van der Waals surface area contributed by atoms with Gasteiger partial charge in [-0.2, -0.15) is 0 Å². The number of benzene rings is 1. The lowest BCUT2D eigenvalue weighted by Crippen LogP contribution is -2.38. The molecule has 0 unspecified atom stereocenters.